The molecule has 0 bridgehead atoms. The van der Waals surface area contributed by atoms with Crippen molar-refractivity contribution in [2.45, 2.75) is 12.5 Å². The molecule has 0 radical (unpaired) electrons. The quantitative estimate of drug-likeness (QED) is 0.852. The highest BCUT2D eigenvalue weighted by molar-refractivity contribution is 6.30. The van der Waals surface area contributed by atoms with Gasteiger partial charge in [0.1, 0.15) is 11.8 Å². The van der Waals surface area contributed by atoms with E-state index >= 15 is 0 Å². The van der Waals surface area contributed by atoms with E-state index in [0.717, 1.165) is 11.1 Å². The van der Waals surface area contributed by atoms with E-state index < -0.39 is 12.0 Å². The first kappa shape index (κ1) is 15.4. The van der Waals surface area contributed by atoms with Crippen LogP contribution in [-0.2, 0) is 16.0 Å². The average Bonchev–Trinajstić information content (AvgIpc) is 2.49. The lowest BCUT2D eigenvalue weighted by Gasteiger charge is -2.12. The van der Waals surface area contributed by atoms with E-state index in [2.05, 4.69) is 4.74 Å². The van der Waals surface area contributed by atoms with Gasteiger partial charge in [0, 0.05) is 10.6 Å². The summed E-state index contributed by atoms with van der Waals surface area (Å²) in [6.45, 7) is 0. The lowest BCUT2D eigenvalue weighted by Crippen LogP contribution is -2.33. The molecule has 0 unspecified atom stereocenters. The third-order valence-electron chi connectivity index (χ3n) is 3.18. The summed E-state index contributed by atoms with van der Waals surface area (Å²) in [5, 5.41) is 10.6. The summed E-state index contributed by atoms with van der Waals surface area (Å²) in [6, 6.07) is 11.6. The molecule has 0 fully saturated rings. The predicted octanol–water partition coefficient (Wildman–Crippen LogP) is 2.76. The van der Waals surface area contributed by atoms with Crippen LogP contribution in [0.2, 0.25) is 5.02 Å². The Kier molecular flexibility index (Phi) is 4.83. The Balaban J connectivity index is 2.29. The van der Waals surface area contributed by atoms with Gasteiger partial charge in [-0.3, -0.25) is 4.79 Å². The molecule has 2 rings (SSSR count). The van der Waals surface area contributed by atoms with E-state index in [9.17, 15) is 9.90 Å². The van der Waals surface area contributed by atoms with Crippen molar-refractivity contribution in [2.24, 2.45) is 5.73 Å². The van der Waals surface area contributed by atoms with E-state index in [0.29, 0.717) is 17.0 Å². The largest absolute Gasteiger partial charge is 0.507 e. The van der Waals surface area contributed by atoms with Crippen molar-refractivity contribution >= 4 is 17.6 Å². The van der Waals surface area contributed by atoms with Gasteiger partial charge >= 0.3 is 5.97 Å². The molecule has 0 saturated carbocycles. The van der Waals surface area contributed by atoms with Crippen molar-refractivity contribution in [1.29, 1.82) is 0 Å². The third kappa shape index (κ3) is 3.74. The Morgan fingerprint density at radius 1 is 1.29 bits per heavy atom. The minimum Gasteiger partial charge on any atom is -0.507 e. The van der Waals surface area contributed by atoms with Crippen LogP contribution in [-0.4, -0.2) is 24.2 Å². The van der Waals surface area contributed by atoms with Gasteiger partial charge in [0.25, 0.3) is 0 Å². The van der Waals surface area contributed by atoms with Crippen LogP contribution in [0.4, 0.5) is 0 Å². The highest BCUT2D eigenvalue weighted by Gasteiger charge is 2.15. The lowest BCUT2D eigenvalue weighted by molar-refractivity contribution is -0.142. The second-order valence-corrected chi connectivity index (χ2v) is 5.13. The van der Waals surface area contributed by atoms with Crippen LogP contribution in [0.15, 0.2) is 42.5 Å². The summed E-state index contributed by atoms with van der Waals surface area (Å²) in [7, 11) is 1.30. The standard InChI is InChI=1S/C16H16ClNO3/c1-21-16(20)14(18)9-10-2-7-15(19)13(8-10)11-3-5-12(17)6-4-11/h2-8,14,19H,9,18H2,1H3/t14-/m0/s1. The van der Waals surface area contributed by atoms with Gasteiger partial charge in [-0.1, -0.05) is 29.8 Å². The number of phenols is 1. The number of hydrogen-bond acceptors (Lipinski definition) is 4. The zero-order chi connectivity index (χ0) is 15.4. The number of carbonyl (C=O) groups is 1. The number of halogens is 1. The highest BCUT2D eigenvalue weighted by atomic mass is 35.5. The molecule has 2 aromatic rings. The molecule has 0 aliphatic heterocycles. The van der Waals surface area contributed by atoms with Crippen LogP contribution in [0.25, 0.3) is 11.1 Å². The maximum atomic E-state index is 11.4. The fourth-order valence-corrected chi connectivity index (χ4v) is 2.19. The molecule has 0 heterocycles. The second kappa shape index (κ2) is 6.61. The van der Waals surface area contributed by atoms with Crippen LogP contribution in [0.1, 0.15) is 5.56 Å². The first-order valence-electron chi connectivity index (χ1n) is 6.42. The molecule has 5 heteroatoms. The molecule has 2 aromatic carbocycles. The Bertz CT molecular complexity index is 640. The lowest BCUT2D eigenvalue weighted by atomic mass is 9.99. The second-order valence-electron chi connectivity index (χ2n) is 4.69. The van der Waals surface area contributed by atoms with E-state index in [1.165, 1.54) is 7.11 Å². The van der Waals surface area contributed by atoms with Crippen molar-refractivity contribution in [3.63, 3.8) is 0 Å². The van der Waals surface area contributed by atoms with E-state index in [4.69, 9.17) is 17.3 Å². The molecule has 0 amide bonds. The maximum Gasteiger partial charge on any atom is 0.322 e. The molecule has 3 N–H and O–H groups in total. The Morgan fingerprint density at radius 3 is 2.57 bits per heavy atom. The maximum absolute atomic E-state index is 11.4. The zero-order valence-corrected chi connectivity index (χ0v) is 12.3. The van der Waals surface area contributed by atoms with Gasteiger partial charge in [-0.15, -0.1) is 0 Å². The smallest absolute Gasteiger partial charge is 0.322 e. The van der Waals surface area contributed by atoms with E-state index in [1.807, 2.05) is 12.1 Å². The van der Waals surface area contributed by atoms with Crippen molar-refractivity contribution in [2.75, 3.05) is 7.11 Å². The minimum atomic E-state index is -0.724. The van der Waals surface area contributed by atoms with Gasteiger partial charge in [0.05, 0.1) is 7.11 Å². The number of esters is 1. The summed E-state index contributed by atoms with van der Waals surface area (Å²) in [5.41, 5.74) is 8.10. The summed E-state index contributed by atoms with van der Waals surface area (Å²) >= 11 is 5.86. The molecule has 0 spiro atoms. The minimum absolute atomic E-state index is 0.160. The summed E-state index contributed by atoms with van der Waals surface area (Å²) in [5.74, 6) is -0.302. The van der Waals surface area contributed by atoms with Gasteiger partial charge in [-0.05, 0) is 41.8 Å². The normalized spacial score (nSPS) is 12.0. The number of carbonyl (C=O) groups excluding carboxylic acids is 1. The number of methoxy groups -OCH3 is 1. The molecule has 0 saturated heterocycles. The molecule has 0 aromatic heterocycles. The monoisotopic (exact) mass is 305 g/mol. The number of phenolic OH excluding ortho intramolecular Hbond substituents is 1. The molecule has 0 aliphatic rings. The first-order valence-corrected chi connectivity index (χ1v) is 6.80. The van der Waals surface area contributed by atoms with Gasteiger partial charge < -0.3 is 15.6 Å². The van der Waals surface area contributed by atoms with Gasteiger partial charge in [0.2, 0.25) is 0 Å². The molecule has 0 aliphatic carbocycles. The number of hydrogen-bond donors (Lipinski definition) is 2. The van der Waals surface area contributed by atoms with Crippen LogP contribution in [0.3, 0.4) is 0 Å². The number of ether oxygens (including phenoxy) is 1. The third-order valence-corrected chi connectivity index (χ3v) is 3.43. The molecule has 110 valence electrons. The molecular weight excluding hydrogens is 290 g/mol. The topological polar surface area (TPSA) is 72.5 Å². The SMILES string of the molecule is COC(=O)[C@@H](N)Cc1ccc(O)c(-c2ccc(Cl)cc2)c1. The van der Waals surface area contributed by atoms with Crippen LogP contribution >= 0.6 is 11.6 Å². The number of benzene rings is 2. The Hall–Kier alpha value is -2.04. The molecular formula is C16H16ClNO3. The van der Waals surface area contributed by atoms with Crippen LogP contribution in [0.5, 0.6) is 5.75 Å². The Morgan fingerprint density at radius 2 is 1.95 bits per heavy atom. The molecule has 1 atom stereocenters. The summed E-state index contributed by atoms with van der Waals surface area (Å²) < 4.78 is 4.61. The first-order chi connectivity index (χ1) is 10.0. The fraction of sp³-hybridized carbons (Fsp3) is 0.188. The molecule has 21 heavy (non-hydrogen) atoms. The van der Waals surface area contributed by atoms with Gasteiger partial charge in [-0.2, -0.15) is 0 Å². The number of nitrogens with two attached hydrogens (primary N) is 1. The highest BCUT2D eigenvalue weighted by Crippen LogP contribution is 2.31. The van der Waals surface area contributed by atoms with Crippen LogP contribution < -0.4 is 5.73 Å². The van der Waals surface area contributed by atoms with Gasteiger partial charge in [0.15, 0.2) is 0 Å². The van der Waals surface area contributed by atoms with Crippen molar-refractivity contribution in [3.05, 3.63) is 53.1 Å². The Labute approximate surface area is 128 Å². The predicted molar refractivity (Wildman–Crippen MR) is 82.2 cm³/mol. The zero-order valence-electron chi connectivity index (χ0n) is 11.5. The average molecular weight is 306 g/mol. The number of aromatic hydroxyl groups is 1. The summed E-state index contributed by atoms with van der Waals surface area (Å²) in [6.07, 6.45) is 0.341. The van der Waals surface area contributed by atoms with Crippen molar-refractivity contribution in [3.8, 4) is 16.9 Å². The van der Waals surface area contributed by atoms with Gasteiger partial charge in [-0.25, -0.2) is 0 Å². The summed E-state index contributed by atoms with van der Waals surface area (Å²) in [4.78, 5) is 11.4. The van der Waals surface area contributed by atoms with Crippen LogP contribution in [0, 0.1) is 0 Å². The van der Waals surface area contributed by atoms with E-state index in [-0.39, 0.29) is 5.75 Å². The van der Waals surface area contributed by atoms with Crippen molar-refractivity contribution in [1.82, 2.24) is 0 Å². The fourth-order valence-electron chi connectivity index (χ4n) is 2.06. The van der Waals surface area contributed by atoms with E-state index in [1.54, 1.807) is 30.3 Å². The van der Waals surface area contributed by atoms with Crippen molar-refractivity contribution < 1.29 is 14.6 Å². The number of rotatable bonds is 4. The molecule has 4 nitrogen and oxygen atoms in total.